The van der Waals surface area contributed by atoms with E-state index in [-0.39, 0.29) is 11.6 Å². The van der Waals surface area contributed by atoms with E-state index in [0.717, 1.165) is 27.8 Å². The first-order valence-corrected chi connectivity index (χ1v) is 9.20. The van der Waals surface area contributed by atoms with Crippen molar-refractivity contribution in [3.8, 4) is 0 Å². The van der Waals surface area contributed by atoms with Gasteiger partial charge in [-0.05, 0) is 49.2 Å². The van der Waals surface area contributed by atoms with Crippen molar-refractivity contribution in [3.63, 3.8) is 0 Å². The number of Topliss-reactive ketones (excluding diaryl/α,β-unsaturated/α-hetero) is 1. The molecule has 2 atom stereocenters. The Balaban J connectivity index is 1.99. The highest BCUT2D eigenvalue weighted by molar-refractivity contribution is 6.11. The summed E-state index contributed by atoms with van der Waals surface area (Å²) in [6.07, 6.45) is 1.47. The fourth-order valence-corrected chi connectivity index (χ4v) is 3.08. The molecule has 3 aromatic rings. The summed E-state index contributed by atoms with van der Waals surface area (Å²) in [6.45, 7) is 3.56. The van der Waals surface area contributed by atoms with Crippen molar-refractivity contribution in [2.24, 2.45) is 0 Å². The second-order valence-electron chi connectivity index (χ2n) is 6.87. The lowest BCUT2D eigenvalue weighted by atomic mass is 10.0. The second kappa shape index (κ2) is 8.65. The van der Waals surface area contributed by atoms with E-state index in [4.69, 9.17) is 0 Å². The van der Waals surface area contributed by atoms with Gasteiger partial charge in [-0.15, -0.1) is 0 Å². The van der Waals surface area contributed by atoms with Gasteiger partial charge in [-0.2, -0.15) is 0 Å². The van der Waals surface area contributed by atoms with E-state index in [0.29, 0.717) is 0 Å². The summed E-state index contributed by atoms with van der Waals surface area (Å²) in [5, 5.41) is 2.81. The van der Waals surface area contributed by atoms with Crippen molar-refractivity contribution >= 4 is 11.7 Å². The van der Waals surface area contributed by atoms with E-state index >= 15 is 0 Å². The Morgan fingerprint density at radius 2 is 1.62 bits per heavy atom. The van der Waals surface area contributed by atoms with E-state index < -0.39 is 29.1 Å². The Labute approximate surface area is 167 Å². The van der Waals surface area contributed by atoms with Crippen molar-refractivity contribution in [2.45, 2.75) is 25.9 Å². The second-order valence-corrected chi connectivity index (χ2v) is 6.87. The maximum Gasteiger partial charge on any atom is 0.251 e. The highest BCUT2D eigenvalue weighted by Crippen LogP contribution is 2.18. The number of hydrogen-bond donors (Lipinski definition) is 1. The van der Waals surface area contributed by atoms with E-state index in [1.54, 1.807) is 19.9 Å². The Kier molecular flexibility index (Phi) is 6.02. The Hall–Kier alpha value is -3.54. The maximum absolute atomic E-state index is 13.3. The molecule has 0 radical (unpaired) electrons. The summed E-state index contributed by atoms with van der Waals surface area (Å²) in [5.74, 6) is -1.69. The molecule has 0 aliphatic carbocycles. The molecule has 1 amide bonds. The molecule has 5 nitrogen and oxygen atoms in total. The number of carbonyl (C=O) groups excluding carboxylic acids is 2. The Morgan fingerprint density at radius 1 is 0.966 bits per heavy atom. The predicted octanol–water partition coefficient (Wildman–Crippen LogP) is 3.60. The van der Waals surface area contributed by atoms with Crippen LogP contribution in [0.25, 0.3) is 0 Å². The van der Waals surface area contributed by atoms with Crippen molar-refractivity contribution in [1.29, 1.82) is 0 Å². The molecular formula is C23H21FN2O3. The largest absolute Gasteiger partial charge is 0.347 e. The zero-order valence-corrected chi connectivity index (χ0v) is 16.1. The van der Waals surface area contributed by atoms with Gasteiger partial charge in [0, 0.05) is 17.8 Å². The van der Waals surface area contributed by atoms with Crippen molar-refractivity contribution in [1.82, 2.24) is 9.88 Å². The van der Waals surface area contributed by atoms with Crippen molar-refractivity contribution in [3.05, 3.63) is 106 Å². The quantitative estimate of drug-likeness (QED) is 0.515. The summed E-state index contributed by atoms with van der Waals surface area (Å²) < 4.78 is 14.4. The first-order valence-electron chi connectivity index (χ1n) is 9.20. The van der Waals surface area contributed by atoms with Crippen LogP contribution >= 0.6 is 0 Å². The number of aromatic nitrogens is 1. The highest BCUT2D eigenvalue weighted by Gasteiger charge is 2.31. The number of halogens is 1. The van der Waals surface area contributed by atoms with Crippen LogP contribution in [0.3, 0.4) is 0 Å². The Bertz CT molecular complexity index is 1080. The number of ketones is 1. The highest BCUT2D eigenvalue weighted by atomic mass is 19.1. The van der Waals surface area contributed by atoms with Crippen molar-refractivity contribution in [2.75, 3.05) is 0 Å². The number of aryl methyl sites for hydroxylation is 1. The first-order chi connectivity index (χ1) is 13.9. The molecule has 2 aromatic carbocycles. The number of nitrogens with one attached hydrogen (secondary N) is 1. The van der Waals surface area contributed by atoms with Crippen LogP contribution < -0.4 is 10.9 Å². The van der Waals surface area contributed by atoms with Gasteiger partial charge in [-0.3, -0.25) is 19.0 Å². The predicted molar refractivity (Wildman–Crippen MR) is 108 cm³/mol. The van der Waals surface area contributed by atoms with Gasteiger partial charge in [-0.1, -0.05) is 36.4 Å². The third-order valence-electron chi connectivity index (χ3n) is 4.65. The third kappa shape index (κ3) is 4.66. The molecule has 29 heavy (non-hydrogen) atoms. The van der Waals surface area contributed by atoms with Gasteiger partial charge in [0.05, 0.1) is 6.04 Å². The fourth-order valence-electron chi connectivity index (χ4n) is 3.08. The number of amides is 1. The SMILES string of the molecule is Cc1ccc(=O)n([C@H](C(=O)N[C@@H](C)c2ccccc2)C(=O)c2ccc(F)cc2)c1. The van der Waals surface area contributed by atoms with Crippen LogP contribution in [0.5, 0.6) is 0 Å². The fraction of sp³-hybridized carbons (Fsp3) is 0.174. The van der Waals surface area contributed by atoms with Crippen LogP contribution in [-0.2, 0) is 4.79 Å². The lowest BCUT2D eigenvalue weighted by Crippen LogP contribution is -2.42. The summed E-state index contributed by atoms with van der Waals surface area (Å²) >= 11 is 0. The molecule has 1 aromatic heterocycles. The first kappa shape index (κ1) is 20.2. The lowest BCUT2D eigenvalue weighted by Gasteiger charge is -2.22. The molecule has 6 heteroatoms. The molecule has 3 rings (SSSR count). The van der Waals surface area contributed by atoms with Crippen LogP contribution in [0.1, 0.15) is 40.5 Å². The van der Waals surface area contributed by atoms with Crippen LogP contribution in [0.15, 0.2) is 77.7 Å². The topological polar surface area (TPSA) is 68.2 Å². The van der Waals surface area contributed by atoms with E-state index in [2.05, 4.69) is 5.32 Å². The summed E-state index contributed by atoms with van der Waals surface area (Å²) in [4.78, 5) is 38.7. The number of rotatable bonds is 6. The molecule has 0 spiro atoms. The smallest absolute Gasteiger partial charge is 0.251 e. The molecule has 0 saturated heterocycles. The van der Waals surface area contributed by atoms with Gasteiger partial charge in [0.2, 0.25) is 0 Å². The molecule has 1 N–H and O–H groups in total. The van der Waals surface area contributed by atoms with E-state index in [1.807, 2.05) is 30.3 Å². The molecule has 0 aliphatic rings. The Morgan fingerprint density at radius 3 is 2.28 bits per heavy atom. The minimum Gasteiger partial charge on any atom is -0.347 e. The lowest BCUT2D eigenvalue weighted by molar-refractivity contribution is -0.123. The molecular weight excluding hydrogens is 371 g/mol. The molecule has 0 aliphatic heterocycles. The van der Waals surface area contributed by atoms with E-state index in [1.165, 1.54) is 24.4 Å². The molecule has 0 fully saturated rings. The van der Waals surface area contributed by atoms with Gasteiger partial charge < -0.3 is 5.32 Å². The normalized spacial score (nSPS) is 12.8. The summed E-state index contributed by atoms with van der Waals surface area (Å²) in [6, 6.07) is 15.4. The minimum atomic E-state index is -1.40. The van der Waals surface area contributed by atoms with Gasteiger partial charge in [0.25, 0.3) is 11.5 Å². The number of nitrogens with zero attached hydrogens (tertiary/aromatic N) is 1. The average molecular weight is 392 g/mol. The number of hydrogen-bond acceptors (Lipinski definition) is 3. The summed E-state index contributed by atoms with van der Waals surface area (Å²) in [5.41, 5.74) is 1.27. The van der Waals surface area contributed by atoms with Gasteiger partial charge >= 0.3 is 0 Å². The number of carbonyl (C=O) groups is 2. The zero-order valence-electron chi connectivity index (χ0n) is 16.1. The maximum atomic E-state index is 13.3. The van der Waals surface area contributed by atoms with Crippen LogP contribution in [0, 0.1) is 12.7 Å². The standard InChI is InChI=1S/C23H21FN2O3/c1-15-8-13-20(27)26(14-15)21(22(28)18-9-11-19(24)12-10-18)23(29)25-16(2)17-6-4-3-5-7-17/h3-14,16,21H,1-2H3,(H,25,29)/t16-,21-/m0/s1. The zero-order chi connectivity index (χ0) is 21.0. The molecule has 148 valence electrons. The van der Waals surface area contributed by atoms with Crippen LogP contribution in [0.2, 0.25) is 0 Å². The van der Waals surface area contributed by atoms with Gasteiger partial charge in [-0.25, -0.2) is 4.39 Å². The molecule has 1 heterocycles. The van der Waals surface area contributed by atoms with Crippen LogP contribution in [-0.4, -0.2) is 16.3 Å². The number of pyridine rings is 1. The molecule has 0 saturated carbocycles. The van der Waals surface area contributed by atoms with Gasteiger partial charge in [0.1, 0.15) is 5.82 Å². The molecule has 0 bridgehead atoms. The van der Waals surface area contributed by atoms with Crippen molar-refractivity contribution < 1.29 is 14.0 Å². The minimum absolute atomic E-state index is 0.146. The third-order valence-corrected chi connectivity index (χ3v) is 4.65. The van der Waals surface area contributed by atoms with E-state index in [9.17, 15) is 18.8 Å². The summed E-state index contributed by atoms with van der Waals surface area (Å²) in [7, 11) is 0. The van der Waals surface area contributed by atoms with Crippen LogP contribution in [0.4, 0.5) is 4.39 Å². The molecule has 0 unspecified atom stereocenters. The number of benzene rings is 2. The van der Waals surface area contributed by atoms with Gasteiger partial charge in [0.15, 0.2) is 11.8 Å². The average Bonchev–Trinajstić information content (AvgIpc) is 2.71. The monoisotopic (exact) mass is 392 g/mol.